The Morgan fingerprint density at radius 2 is 1.87 bits per heavy atom. The van der Waals surface area contributed by atoms with Gasteiger partial charge in [-0.1, -0.05) is 22.0 Å². The van der Waals surface area contributed by atoms with Crippen molar-refractivity contribution < 1.29 is 19.5 Å². The predicted octanol–water partition coefficient (Wildman–Crippen LogP) is 1.70. The van der Waals surface area contributed by atoms with Crippen molar-refractivity contribution in [3.8, 4) is 0 Å². The average molecular weight is 384 g/mol. The van der Waals surface area contributed by atoms with Crippen LogP contribution in [0.3, 0.4) is 0 Å². The van der Waals surface area contributed by atoms with E-state index in [2.05, 4.69) is 15.9 Å². The van der Waals surface area contributed by atoms with Gasteiger partial charge in [0.15, 0.2) is 0 Å². The zero-order valence-electron chi connectivity index (χ0n) is 11.0. The molecule has 1 aromatic carbocycles. The van der Waals surface area contributed by atoms with Gasteiger partial charge in [-0.05, 0) is 18.2 Å². The minimum absolute atomic E-state index is 0.0421. The standard InChI is InChI=1S/C12H6BrN3O7/c13-8-3-1-2-7(4-8)12(18)23-14-6-9(15(19)20)5-10(11(14)17)16(21)22/h1-6H. The number of halogens is 1. The van der Waals surface area contributed by atoms with Crippen molar-refractivity contribution in [2.24, 2.45) is 0 Å². The average Bonchev–Trinajstić information content (AvgIpc) is 2.48. The molecule has 0 fully saturated rings. The fourth-order valence-electron chi connectivity index (χ4n) is 1.59. The smallest absolute Gasteiger partial charge is 0.328 e. The Morgan fingerprint density at radius 3 is 2.43 bits per heavy atom. The first kappa shape index (κ1) is 16.3. The Labute approximate surface area is 135 Å². The second-order valence-electron chi connectivity index (χ2n) is 4.12. The van der Waals surface area contributed by atoms with Gasteiger partial charge in [-0.2, -0.15) is 0 Å². The predicted molar refractivity (Wildman–Crippen MR) is 79.1 cm³/mol. The topological polar surface area (TPSA) is 135 Å². The van der Waals surface area contributed by atoms with E-state index in [1.54, 1.807) is 6.07 Å². The van der Waals surface area contributed by atoms with Gasteiger partial charge in [-0.15, -0.1) is 4.73 Å². The van der Waals surface area contributed by atoms with Crippen molar-refractivity contribution in [3.63, 3.8) is 0 Å². The molecule has 0 unspecified atom stereocenters. The molecule has 0 aliphatic rings. The lowest BCUT2D eigenvalue weighted by molar-refractivity contribution is -0.396. The molecule has 0 amide bonds. The molecule has 0 saturated carbocycles. The van der Waals surface area contributed by atoms with Crippen LogP contribution in [0.15, 0.2) is 45.8 Å². The van der Waals surface area contributed by atoms with Gasteiger partial charge < -0.3 is 4.84 Å². The fraction of sp³-hybridized carbons (Fsp3) is 0. The Balaban J connectivity index is 2.46. The van der Waals surface area contributed by atoms with Crippen LogP contribution in [-0.4, -0.2) is 20.5 Å². The summed E-state index contributed by atoms with van der Waals surface area (Å²) in [6, 6.07) is 6.43. The summed E-state index contributed by atoms with van der Waals surface area (Å²) < 4.78 is 0.726. The summed E-state index contributed by atoms with van der Waals surface area (Å²) in [5, 5.41) is 21.5. The molecular formula is C12H6BrN3O7. The zero-order valence-corrected chi connectivity index (χ0v) is 12.6. The van der Waals surface area contributed by atoms with Crippen LogP contribution in [0, 0.1) is 20.2 Å². The number of aromatic nitrogens is 1. The minimum atomic E-state index is -1.30. The molecule has 0 N–H and O–H groups in total. The molecule has 0 radical (unpaired) electrons. The van der Waals surface area contributed by atoms with E-state index in [-0.39, 0.29) is 10.3 Å². The van der Waals surface area contributed by atoms with Gasteiger partial charge >= 0.3 is 17.2 Å². The molecule has 1 aromatic heterocycles. The van der Waals surface area contributed by atoms with Crippen molar-refractivity contribution in [2.75, 3.05) is 0 Å². The maximum atomic E-state index is 11.9. The molecule has 0 atom stereocenters. The Kier molecular flexibility index (Phi) is 4.50. The summed E-state index contributed by atoms with van der Waals surface area (Å²) in [6.07, 6.45) is 0.589. The van der Waals surface area contributed by atoms with Gasteiger partial charge in [-0.3, -0.25) is 25.0 Å². The van der Waals surface area contributed by atoms with Crippen LogP contribution in [0.2, 0.25) is 0 Å². The van der Waals surface area contributed by atoms with E-state index in [1.165, 1.54) is 18.2 Å². The fourth-order valence-corrected chi connectivity index (χ4v) is 1.99. The van der Waals surface area contributed by atoms with Crippen molar-refractivity contribution in [1.29, 1.82) is 0 Å². The monoisotopic (exact) mass is 383 g/mol. The molecule has 1 heterocycles. The number of carbonyl (C=O) groups is 1. The molecule has 0 aliphatic carbocycles. The van der Waals surface area contributed by atoms with Crippen LogP contribution in [0.5, 0.6) is 0 Å². The molecule has 0 aliphatic heterocycles. The van der Waals surface area contributed by atoms with Crippen LogP contribution in [0.1, 0.15) is 10.4 Å². The maximum absolute atomic E-state index is 11.9. The maximum Gasteiger partial charge on any atom is 0.363 e. The van der Waals surface area contributed by atoms with Gasteiger partial charge in [0.05, 0.1) is 15.4 Å². The third kappa shape index (κ3) is 3.58. The second-order valence-corrected chi connectivity index (χ2v) is 5.03. The molecule has 23 heavy (non-hydrogen) atoms. The normalized spacial score (nSPS) is 10.1. The lowest BCUT2D eigenvalue weighted by Crippen LogP contribution is -2.31. The summed E-state index contributed by atoms with van der Waals surface area (Å²) >= 11 is 3.14. The molecule has 0 saturated heterocycles. The van der Waals surface area contributed by atoms with Crippen LogP contribution < -0.4 is 10.4 Å². The highest BCUT2D eigenvalue weighted by Crippen LogP contribution is 2.15. The van der Waals surface area contributed by atoms with Crippen molar-refractivity contribution >= 4 is 33.3 Å². The van der Waals surface area contributed by atoms with Gasteiger partial charge in [0.1, 0.15) is 12.3 Å². The highest BCUT2D eigenvalue weighted by molar-refractivity contribution is 9.10. The molecule has 0 spiro atoms. The van der Waals surface area contributed by atoms with Crippen molar-refractivity contribution in [2.45, 2.75) is 0 Å². The van der Waals surface area contributed by atoms with E-state index in [1.807, 2.05) is 0 Å². The van der Waals surface area contributed by atoms with E-state index < -0.39 is 32.7 Å². The number of pyridine rings is 1. The highest BCUT2D eigenvalue weighted by atomic mass is 79.9. The molecular weight excluding hydrogens is 378 g/mol. The van der Waals surface area contributed by atoms with Gasteiger partial charge in [-0.25, -0.2) is 4.79 Å². The van der Waals surface area contributed by atoms with Crippen LogP contribution in [0.4, 0.5) is 11.4 Å². The van der Waals surface area contributed by atoms with Crippen LogP contribution in [-0.2, 0) is 0 Å². The summed E-state index contributed by atoms with van der Waals surface area (Å²) in [6.45, 7) is 0. The number of hydrogen-bond donors (Lipinski definition) is 0. The van der Waals surface area contributed by atoms with Gasteiger partial charge in [0, 0.05) is 4.47 Å². The van der Waals surface area contributed by atoms with E-state index >= 15 is 0 Å². The Bertz CT molecular complexity index is 877. The third-order valence-corrected chi connectivity index (χ3v) is 3.10. The van der Waals surface area contributed by atoms with Crippen LogP contribution in [0.25, 0.3) is 0 Å². The summed E-state index contributed by atoms with van der Waals surface area (Å²) in [5.74, 6) is -1.01. The molecule has 118 valence electrons. The first-order chi connectivity index (χ1) is 10.8. The molecule has 0 bridgehead atoms. The summed E-state index contributed by atoms with van der Waals surface area (Å²) in [5.41, 5.74) is -3.11. The highest BCUT2D eigenvalue weighted by Gasteiger charge is 2.24. The number of rotatable bonds is 4. The largest absolute Gasteiger partial charge is 0.363 e. The number of carbonyl (C=O) groups excluding carboxylic acids is 1. The Hall–Kier alpha value is -3.08. The molecule has 2 aromatic rings. The van der Waals surface area contributed by atoms with Crippen LogP contribution >= 0.6 is 15.9 Å². The van der Waals surface area contributed by atoms with E-state index in [4.69, 9.17) is 4.84 Å². The van der Waals surface area contributed by atoms with Crippen molar-refractivity contribution in [3.05, 3.63) is 77.1 Å². The van der Waals surface area contributed by atoms with Crippen molar-refractivity contribution in [1.82, 2.24) is 4.73 Å². The lowest BCUT2D eigenvalue weighted by atomic mass is 10.2. The minimum Gasteiger partial charge on any atom is -0.328 e. The second kappa shape index (κ2) is 6.36. The SMILES string of the molecule is O=C(On1cc([N+](=O)[O-])cc([N+](=O)[O-])c1=O)c1cccc(Br)c1. The van der Waals surface area contributed by atoms with Gasteiger partial charge in [0.2, 0.25) is 0 Å². The van der Waals surface area contributed by atoms with E-state index in [0.29, 0.717) is 16.7 Å². The molecule has 2 rings (SSSR count). The first-order valence-electron chi connectivity index (χ1n) is 5.83. The first-order valence-corrected chi connectivity index (χ1v) is 6.62. The van der Waals surface area contributed by atoms with Gasteiger partial charge in [0.25, 0.3) is 5.69 Å². The third-order valence-electron chi connectivity index (χ3n) is 2.60. The summed E-state index contributed by atoms with van der Waals surface area (Å²) in [7, 11) is 0. The number of hydrogen-bond acceptors (Lipinski definition) is 7. The summed E-state index contributed by atoms with van der Waals surface area (Å²) in [4.78, 5) is 48.0. The Morgan fingerprint density at radius 1 is 1.17 bits per heavy atom. The molecule has 11 heteroatoms. The number of nitrogens with zero attached hydrogens (tertiary/aromatic N) is 3. The number of nitro groups is 2. The zero-order chi connectivity index (χ0) is 17.1. The molecule has 10 nitrogen and oxygen atoms in total. The number of benzene rings is 1. The van der Waals surface area contributed by atoms with E-state index in [0.717, 1.165) is 0 Å². The lowest BCUT2D eigenvalue weighted by Gasteiger charge is -2.06. The van der Waals surface area contributed by atoms with E-state index in [9.17, 15) is 29.8 Å². The quantitative estimate of drug-likeness (QED) is 0.578.